The number of aliphatic hydroxyl groups excluding tert-OH is 1. The number of ether oxygens (including phenoxy) is 1. The SMILES string of the molecule is CC(C)(C)OC(=O)N1C=C[C@]2(c3ccc(Cl)c(Cl)c3)C[C@]2(CO)C1. The summed E-state index contributed by atoms with van der Waals surface area (Å²) in [6.45, 7) is 5.89. The van der Waals surface area contributed by atoms with Crippen molar-refractivity contribution in [3.8, 4) is 0 Å². The van der Waals surface area contributed by atoms with Crippen molar-refractivity contribution in [2.24, 2.45) is 5.41 Å². The molecule has 1 aromatic carbocycles. The lowest BCUT2D eigenvalue weighted by Gasteiger charge is -2.33. The molecule has 3 rings (SSSR count). The molecule has 1 aliphatic heterocycles. The van der Waals surface area contributed by atoms with E-state index in [4.69, 9.17) is 27.9 Å². The van der Waals surface area contributed by atoms with E-state index >= 15 is 0 Å². The number of carbonyl (C=O) groups excluding carboxylic acids is 1. The molecule has 0 radical (unpaired) electrons. The summed E-state index contributed by atoms with van der Waals surface area (Å²) < 4.78 is 5.42. The number of benzene rings is 1. The third-order valence-corrected chi connectivity index (χ3v) is 5.56. The van der Waals surface area contributed by atoms with Gasteiger partial charge in [0.25, 0.3) is 0 Å². The average molecular weight is 370 g/mol. The van der Waals surface area contributed by atoms with E-state index in [9.17, 15) is 9.90 Å². The van der Waals surface area contributed by atoms with E-state index in [-0.39, 0.29) is 12.0 Å². The highest BCUT2D eigenvalue weighted by Gasteiger charge is 2.68. The van der Waals surface area contributed by atoms with Gasteiger partial charge in [-0.3, -0.25) is 4.90 Å². The van der Waals surface area contributed by atoms with Crippen molar-refractivity contribution in [1.29, 1.82) is 0 Å². The summed E-state index contributed by atoms with van der Waals surface area (Å²) in [5, 5.41) is 11.0. The van der Waals surface area contributed by atoms with Crippen LogP contribution in [0.15, 0.2) is 30.5 Å². The smallest absolute Gasteiger partial charge is 0.414 e. The van der Waals surface area contributed by atoms with Crippen LogP contribution in [0, 0.1) is 5.41 Å². The molecule has 2 aliphatic rings. The molecule has 130 valence electrons. The number of amides is 1. The Bertz CT molecular complexity index is 713. The summed E-state index contributed by atoms with van der Waals surface area (Å²) in [5.41, 5.74) is -0.269. The lowest BCUT2D eigenvalue weighted by Crippen LogP contribution is -2.42. The van der Waals surface area contributed by atoms with Crippen LogP contribution in [0.2, 0.25) is 10.0 Å². The number of halogens is 2. The van der Waals surface area contributed by atoms with Gasteiger partial charge < -0.3 is 9.84 Å². The molecule has 1 saturated carbocycles. The number of hydrogen-bond donors (Lipinski definition) is 1. The van der Waals surface area contributed by atoms with Gasteiger partial charge in [-0.2, -0.15) is 0 Å². The molecular weight excluding hydrogens is 349 g/mol. The number of aliphatic hydroxyl groups is 1. The minimum absolute atomic E-state index is 0.0170. The summed E-state index contributed by atoms with van der Waals surface area (Å²) in [7, 11) is 0. The lowest BCUT2D eigenvalue weighted by molar-refractivity contribution is 0.0260. The van der Waals surface area contributed by atoms with E-state index in [0.717, 1.165) is 12.0 Å². The maximum atomic E-state index is 12.3. The molecule has 1 fully saturated rings. The Morgan fingerprint density at radius 3 is 2.62 bits per heavy atom. The van der Waals surface area contributed by atoms with E-state index < -0.39 is 17.1 Å². The largest absolute Gasteiger partial charge is 0.443 e. The van der Waals surface area contributed by atoms with Gasteiger partial charge in [0.2, 0.25) is 0 Å². The summed E-state index contributed by atoms with van der Waals surface area (Å²) in [4.78, 5) is 13.8. The standard InChI is InChI=1S/C18H21Cl2NO3/c1-16(2,3)24-15(23)21-7-6-18(9-17(18,10-21)11-22)12-4-5-13(19)14(20)8-12/h4-8,22H,9-11H2,1-3H3/t17-,18-/m1/s1. The molecule has 0 saturated heterocycles. The molecule has 1 heterocycles. The number of nitrogens with zero attached hydrogens (tertiary/aromatic N) is 1. The molecule has 1 N–H and O–H groups in total. The first-order valence-corrected chi connectivity index (χ1v) is 8.63. The molecule has 0 aromatic heterocycles. The van der Waals surface area contributed by atoms with Gasteiger partial charge >= 0.3 is 6.09 Å². The fourth-order valence-corrected chi connectivity index (χ4v) is 3.79. The van der Waals surface area contributed by atoms with Crippen molar-refractivity contribution in [2.75, 3.05) is 13.2 Å². The highest BCUT2D eigenvalue weighted by molar-refractivity contribution is 6.42. The monoisotopic (exact) mass is 369 g/mol. The van der Waals surface area contributed by atoms with Crippen LogP contribution in [0.5, 0.6) is 0 Å². The molecule has 0 unspecified atom stereocenters. The van der Waals surface area contributed by atoms with Crippen LogP contribution in [0.3, 0.4) is 0 Å². The Labute approximate surface area is 152 Å². The van der Waals surface area contributed by atoms with E-state index in [1.54, 1.807) is 12.3 Å². The third-order valence-electron chi connectivity index (χ3n) is 4.82. The Kier molecular flexibility index (Phi) is 4.14. The molecule has 1 aliphatic carbocycles. The molecule has 1 amide bonds. The summed E-state index contributed by atoms with van der Waals surface area (Å²) in [5.74, 6) is 0. The highest BCUT2D eigenvalue weighted by atomic mass is 35.5. The number of carbonyl (C=O) groups is 1. The molecule has 0 bridgehead atoms. The molecule has 24 heavy (non-hydrogen) atoms. The first kappa shape index (κ1) is 17.6. The van der Waals surface area contributed by atoms with Gasteiger partial charge in [0, 0.05) is 23.6 Å². The van der Waals surface area contributed by atoms with Gasteiger partial charge in [-0.25, -0.2) is 4.79 Å². The number of fused-ring (bicyclic) bond motifs is 1. The number of allylic oxidation sites excluding steroid dienone is 1. The Balaban J connectivity index is 1.89. The fraction of sp³-hybridized carbons (Fsp3) is 0.500. The Morgan fingerprint density at radius 2 is 2.04 bits per heavy atom. The van der Waals surface area contributed by atoms with Crippen molar-refractivity contribution >= 4 is 29.3 Å². The molecule has 1 aromatic rings. The normalized spacial score (nSPS) is 28.5. The number of rotatable bonds is 2. The highest BCUT2D eigenvalue weighted by Crippen LogP contribution is 2.67. The molecule has 2 atom stereocenters. The van der Waals surface area contributed by atoms with Crippen molar-refractivity contribution in [3.05, 3.63) is 46.1 Å². The van der Waals surface area contributed by atoms with Crippen LogP contribution >= 0.6 is 23.2 Å². The van der Waals surface area contributed by atoms with Crippen LogP contribution in [0.4, 0.5) is 4.79 Å². The van der Waals surface area contributed by atoms with Crippen LogP contribution in [0.25, 0.3) is 0 Å². The fourth-order valence-electron chi connectivity index (χ4n) is 3.49. The Hall–Kier alpha value is -1.23. The van der Waals surface area contributed by atoms with Gasteiger partial charge in [0.05, 0.1) is 16.7 Å². The summed E-state index contributed by atoms with van der Waals surface area (Å²) in [6, 6.07) is 5.54. The average Bonchev–Trinajstić information content (AvgIpc) is 3.18. The Morgan fingerprint density at radius 1 is 1.33 bits per heavy atom. The van der Waals surface area contributed by atoms with E-state index in [1.807, 2.05) is 39.0 Å². The third kappa shape index (κ3) is 2.81. The van der Waals surface area contributed by atoms with Crippen LogP contribution in [0.1, 0.15) is 32.8 Å². The quantitative estimate of drug-likeness (QED) is 0.841. The molecule has 4 nitrogen and oxygen atoms in total. The van der Waals surface area contributed by atoms with E-state index in [1.165, 1.54) is 4.90 Å². The van der Waals surface area contributed by atoms with Gasteiger partial charge in [-0.05, 0) is 44.9 Å². The van der Waals surface area contributed by atoms with Crippen molar-refractivity contribution in [2.45, 2.75) is 38.2 Å². The van der Waals surface area contributed by atoms with E-state index in [2.05, 4.69) is 0 Å². The second-order valence-corrected chi connectivity index (χ2v) is 8.45. The second kappa shape index (κ2) is 5.65. The number of hydrogen-bond acceptors (Lipinski definition) is 3. The summed E-state index contributed by atoms with van der Waals surface area (Å²) in [6.07, 6.45) is 4.07. The molecule has 0 spiro atoms. The van der Waals surface area contributed by atoms with Gasteiger partial charge in [0.15, 0.2) is 0 Å². The van der Waals surface area contributed by atoms with Crippen LogP contribution < -0.4 is 0 Å². The van der Waals surface area contributed by atoms with Crippen molar-refractivity contribution in [3.63, 3.8) is 0 Å². The lowest BCUT2D eigenvalue weighted by atomic mass is 9.84. The van der Waals surface area contributed by atoms with Crippen LogP contribution in [-0.4, -0.2) is 34.9 Å². The van der Waals surface area contributed by atoms with Gasteiger partial charge in [-0.15, -0.1) is 0 Å². The van der Waals surface area contributed by atoms with Crippen LogP contribution in [-0.2, 0) is 10.2 Å². The van der Waals surface area contributed by atoms with Gasteiger partial charge in [-0.1, -0.05) is 35.3 Å². The zero-order valence-corrected chi connectivity index (χ0v) is 15.5. The molecule has 6 heteroatoms. The second-order valence-electron chi connectivity index (χ2n) is 7.64. The minimum atomic E-state index is -0.556. The van der Waals surface area contributed by atoms with Crippen molar-refractivity contribution in [1.82, 2.24) is 4.90 Å². The zero-order chi connectivity index (χ0) is 17.8. The van der Waals surface area contributed by atoms with E-state index in [0.29, 0.717) is 16.6 Å². The first-order valence-electron chi connectivity index (χ1n) is 7.88. The van der Waals surface area contributed by atoms with Crippen molar-refractivity contribution < 1.29 is 14.6 Å². The zero-order valence-electron chi connectivity index (χ0n) is 14.0. The van der Waals surface area contributed by atoms with Gasteiger partial charge in [0.1, 0.15) is 5.60 Å². The predicted octanol–water partition coefficient (Wildman–Crippen LogP) is 4.38. The molecular formula is C18H21Cl2NO3. The first-order chi connectivity index (χ1) is 11.1. The minimum Gasteiger partial charge on any atom is -0.443 e. The maximum Gasteiger partial charge on any atom is 0.414 e. The topological polar surface area (TPSA) is 49.8 Å². The predicted molar refractivity (Wildman–Crippen MR) is 94.4 cm³/mol. The maximum absolute atomic E-state index is 12.3. The summed E-state index contributed by atoms with van der Waals surface area (Å²) >= 11 is 12.2.